The molecule has 44 heavy (non-hydrogen) atoms. The summed E-state index contributed by atoms with van der Waals surface area (Å²) in [5, 5.41) is 7.80. The zero-order chi connectivity index (χ0) is 32.7. The zero-order valence-corrected chi connectivity index (χ0v) is 27.7. The van der Waals surface area contributed by atoms with E-state index in [2.05, 4.69) is 33.1 Å². The Morgan fingerprint density at radius 1 is 1.00 bits per heavy atom. The molecule has 0 aromatic heterocycles. The number of ether oxygens (including phenoxy) is 3. The average molecular weight is 603 g/mol. The van der Waals surface area contributed by atoms with E-state index in [1.54, 1.807) is 14.2 Å². The van der Waals surface area contributed by atoms with Crippen LogP contribution in [0.1, 0.15) is 111 Å². The van der Waals surface area contributed by atoms with E-state index in [0.29, 0.717) is 36.3 Å². The van der Waals surface area contributed by atoms with E-state index >= 15 is 0 Å². The van der Waals surface area contributed by atoms with E-state index in [9.17, 15) is 4.79 Å². The molecule has 10 heteroatoms. The molecule has 236 valence electrons. The molecule has 10 nitrogen and oxygen atoms in total. The summed E-state index contributed by atoms with van der Waals surface area (Å²) in [6.45, 7) is 13.8. The SMILES string of the molecule is COc1c(C)ccc([C@@H]2CC(=O)c3c(cc(C)c(CCC(C)(C)N=[N+]=[N-])c3OC)O2)c1C/C=C(\C)CCCC(C)(C)N=[N+]=[N-]. The fourth-order valence-corrected chi connectivity index (χ4v) is 5.84. The number of rotatable bonds is 14. The van der Waals surface area contributed by atoms with Crippen molar-refractivity contribution >= 4 is 5.78 Å². The maximum Gasteiger partial charge on any atom is 0.174 e. The molecule has 0 saturated heterocycles. The second-order valence-electron chi connectivity index (χ2n) is 12.9. The fourth-order valence-electron chi connectivity index (χ4n) is 5.84. The first-order valence-corrected chi connectivity index (χ1v) is 15.1. The molecule has 1 atom stereocenters. The van der Waals surface area contributed by atoms with Crippen LogP contribution in [0.4, 0.5) is 0 Å². The Morgan fingerprint density at radius 2 is 1.64 bits per heavy atom. The summed E-state index contributed by atoms with van der Waals surface area (Å²) in [5.74, 6) is 1.80. The number of hydrogen-bond donors (Lipinski definition) is 0. The van der Waals surface area contributed by atoms with Gasteiger partial charge in [0.15, 0.2) is 5.78 Å². The summed E-state index contributed by atoms with van der Waals surface area (Å²) in [4.78, 5) is 19.7. The third-order valence-corrected chi connectivity index (χ3v) is 8.37. The molecule has 0 spiro atoms. The van der Waals surface area contributed by atoms with E-state index in [-0.39, 0.29) is 12.2 Å². The van der Waals surface area contributed by atoms with Gasteiger partial charge in [-0.25, -0.2) is 0 Å². The Balaban J connectivity index is 1.93. The molecule has 1 heterocycles. The fraction of sp³-hybridized carbons (Fsp3) is 0.559. The van der Waals surface area contributed by atoms with E-state index in [1.807, 2.05) is 59.7 Å². The number of allylic oxidation sites excluding steroid dienone is 2. The lowest BCUT2D eigenvalue weighted by Gasteiger charge is -2.30. The Kier molecular flexibility index (Phi) is 11.4. The Bertz CT molecular complexity index is 1510. The first kappa shape index (κ1) is 34.4. The summed E-state index contributed by atoms with van der Waals surface area (Å²) >= 11 is 0. The van der Waals surface area contributed by atoms with Crippen molar-refractivity contribution in [3.8, 4) is 17.2 Å². The molecule has 0 fully saturated rings. The number of Topliss-reactive ketones (excluding diaryl/α,β-unsaturated/α-hetero) is 1. The van der Waals surface area contributed by atoms with Crippen molar-refractivity contribution in [2.45, 2.75) is 111 Å². The number of nitrogens with zero attached hydrogens (tertiary/aromatic N) is 6. The quantitative estimate of drug-likeness (QED) is 0.0917. The highest BCUT2D eigenvalue weighted by Crippen LogP contribution is 2.45. The van der Waals surface area contributed by atoms with Crippen LogP contribution in [0.25, 0.3) is 20.9 Å². The van der Waals surface area contributed by atoms with Crippen LogP contribution in [0.2, 0.25) is 0 Å². The number of aryl methyl sites for hydroxylation is 2. The molecule has 0 unspecified atom stereocenters. The van der Waals surface area contributed by atoms with E-state index < -0.39 is 17.2 Å². The number of carbonyl (C=O) groups is 1. The minimum absolute atomic E-state index is 0.0384. The first-order valence-electron chi connectivity index (χ1n) is 15.1. The van der Waals surface area contributed by atoms with Crippen LogP contribution in [0.15, 0.2) is 40.1 Å². The highest BCUT2D eigenvalue weighted by atomic mass is 16.5. The lowest BCUT2D eigenvalue weighted by molar-refractivity contribution is 0.0843. The van der Waals surface area contributed by atoms with Gasteiger partial charge in [0.25, 0.3) is 0 Å². The molecule has 1 aliphatic heterocycles. The maximum absolute atomic E-state index is 13.8. The number of hydrogen-bond acceptors (Lipinski definition) is 6. The largest absolute Gasteiger partial charge is 0.496 e. The van der Waals surface area contributed by atoms with Gasteiger partial charge in [0.2, 0.25) is 0 Å². The van der Waals surface area contributed by atoms with Crippen molar-refractivity contribution in [2.24, 2.45) is 10.2 Å². The lowest BCUT2D eigenvalue weighted by Crippen LogP contribution is -2.23. The topological polar surface area (TPSA) is 142 Å². The molecule has 2 aromatic rings. The smallest absolute Gasteiger partial charge is 0.174 e. The van der Waals surface area contributed by atoms with Crippen LogP contribution >= 0.6 is 0 Å². The molecule has 0 radical (unpaired) electrons. The summed E-state index contributed by atoms with van der Waals surface area (Å²) in [5.41, 5.74) is 23.3. The molecule has 3 rings (SSSR count). The van der Waals surface area contributed by atoms with Crippen molar-refractivity contribution < 1.29 is 19.0 Å². The molecule has 0 N–H and O–H groups in total. The predicted octanol–water partition coefficient (Wildman–Crippen LogP) is 9.80. The van der Waals surface area contributed by atoms with Crippen LogP contribution < -0.4 is 14.2 Å². The second-order valence-corrected chi connectivity index (χ2v) is 12.9. The Morgan fingerprint density at radius 3 is 2.25 bits per heavy atom. The average Bonchev–Trinajstić information content (AvgIpc) is 2.94. The van der Waals surface area contributed by atoms with E-state index in [1.165, 1.54) is 5.57 Å². The summed E-state index contributed by atoms with van der Waals surface area (Å²) in [7, 11) is 3.25. The monoisotopic (exact) mass is 602 g/mol. The summed E-state index contributed by atoms with van der Waals surface area (Å²) < 4.78 is 18.3. The van der Waals surface area contributed by atoms with Crippen LogP contribution in [-0.2, 0) is 12.8 Å². The van der Waals surface area contributed by atoms with Gasteiger partial charge in [-0.1, -0.05) is 61.7 Å². The number of ketones is 1. The van der Waals surface area contributed by atoms with Gasteiger partial charge in [-0.3, -0.25) is 4.79 Å². The van der Waals surface area contributed by atoms with Gasteiger partial charge in [-0.2, -0.15) is 0 Å². The van der Waals surface area contributed by atoms with Crippen molar-refractivity contribution in [2.75, 3.05) is 14.2 Å². The van der Waals surface area contributed by atoms with Crippen LogP contribution in [0, 0.1) is 13.8 Å². The van der Waals surface area contributed by atoms with Gasteiger partial charge in [0.05, 0.1) is 20.6 Å². The van der Waals surface area contributed by atoms with Gasteiger partial charge in [0, 0.05) is 26.5 Å². The van der Waals surface area contributed by atoms with Gasteiger partial charge >= 0.3 is 0 Å². The molecular formula is C34H46N6O4. The normalized spacial score (nSPS) is 15.1. The number of methoxy groups -OCH3 is 2. The Hall–Kier alpha value is -4.13. The molecular weight excluding hydrogens is 556 g/mol. The summed E-state index contributed by atoms with van der Waals surface area (Å²) in [6.07, 6.45) is 6.34. The number of azide groups is 2. The minimum atomic E-state index is -0.566. The van der Waals surface area contributed by atoms with Crippen LogP contribution in [0.3, 0.4) is 0 Å². The number of carbonyl (C=O) groups excluding carboxylic acids is 1. The molecule has 0 bridgehead atoms. The minimum Gasteiger partial charge on any atom is -0.496 e. The molecule has 2 aromatic carbocycles. The highest BCUT2D eigenvalue weighted by molar-refractivity contribution is 6.03. The highest BCUT2D eigenvalue weighted by Gasteiger charge is 2.34. The van der Waals surface area contributed by atoms with Gasteiger partial charge in [-0.05, 0) is 98.7 Å². The van der Waals surface area contributed by atoms with Gasteiger partial charge in [-0.15, -0.1) is 0 Å². The predicted molar refractivity (Wildman–Crippen MR) is 174 cm³/mol. The van der Waals surface area contributed by atoms with Crippen LogP contribution in [0.5, 0.6) is 17.2 Å². The number of benzene rings is 2. The molecule has 0 amide bonds. The van der Waals surface area contributed by atoms with Crippen molar-refractivity contribution in [3.63, 3.8) is 0 Å². The maximum atomic E-state index is 13.8. The van der Waals surface area contributed by atoms with Crippen LogP contribution in [-0.4, -0.2) is 31.1 Å². The van der Waals surface area contributed by atoms with Gasteiger partial charge < -0.3 is 14.2 Å². The third-order valence-electron chi connectivity index (χ3n) is 8.37. The Labute approximate surface area is 261 Å². The lowest BCUT2D eigenvalue weighted by atomic mass is 9.87. The zero-order valence-electron chi connectivity index (χ0n) is 27.7. The van der Waals surface area contributed by atoms with Crippen molar-refractivity contribution in [3.05, 3.63) is 84.1 Å². The van der Waals surface area contributed by atoms with Crippen molar-refractivity contribution in [1.82, 2.24) is 0 Å². The molecule has 1 aliphatic rings. The molecule has 0 aliphatic carbocycles. The second kappa shape index (κ2) is 14.6. The van der Waals surface area contributed by atoms with Gasteiger partial charge in [0.1, 0.15) is 28.9 Å². The standard InChI is InChI=1S/C34H46N6O4/c1-21(11-10-17-33(4,5)37-39-35)12-14-26-25(15-13-22(2)31(26)42-8)28-20-27(41)30-29(44-28)19-23(3)24(32(30)43-9)16-18-34(6,7)38-40-36/h12-13,15,19,28H,10-11,14,16-18,20H2,1-9H3/b21-12+/t28-/m0/s1. The van der Waals surface area contributed by atoms with E-state index in [4.69, 9.17) is 25.3 Å². The summed E-state index contributed by atoms with van der Waals surface area (Å²) in [6, 6.07) is 5.97. The van der Waals surface area contributed by atoms with E-state index in [0.717, 1.165) is 52.8 Å². The number of fused-ring (bicyclic) bond motifs is 1. The first-order chi connectivity index (χ1) is 20.8. The molecule has 0 saturated carbocycles. The van der Waals surface area contributed by atoms with Crippen molar-refractivity contribution in [1.29, 1.82) is 0 Å². The third kappa shape index (κ3) is 8.28.